The first-order chi connectivity index (χ1) is 11.7. The van der Waals surface area contributed by atoms with Gasteiger partial charge in [0.2, 0.25) is 6.41 Å². The highest BCUT2D eigenvalue weighted by Crippen LogP contribution is 2.26. The van der Waals surface area contributed by atoms with Gasteiger partial charge in [-0.3, -0.25) is 4.79 Å². The number of carbonyl (C=O) groups is 1. The van der Waals surface area contributed by atoms with E-state index in [0.717, 1.165) is 11.1 Å². The summed E-state index contributed by atoms with van der Waals surface area (Å²) in [6, 6.07) is 12.1. The fourth-order valence-electron chi connectivity index (χ4n) is 2.25. The SMILES string of the molecule is O=CNCCNCCOC(c1ccc(F)cc1)c1ccc(F)cc1. The van der Waals surface area contributed by atoms with Crippen molar-refractivity contribution < 1.29 is 18.3 Å². The van der Waals surface area contributed by atoms with Crippen molar-refractivity contribution in [1.29, 1.82) is 0 Å². The lowest BCUT2D eigenvalue weighted by atomic mass is 10.0. The second-order valence-corrected chi connectivity index (χ2v) is 5.18. The van der Waals surface area contributed by atoms with Crippen LogP contribution >= 0.6 is 0 Å². The van der Waals surface area contributed by atoms with Crippen LogP contribution in [0.1, 0.15) is 17.2 Å². The van der Waals surface area contributed by atoms with Gasteiger partial charge in [-0.15, -0.1) is 0 Å². The summed E-state index contributed by atoms with van der Waals surface area (Å²) in [6.07, 6.45) is 0.248. The Bertz CT molecular complexity index is 572. The van der Waals surface area contributed by atoms with Crippen LogP contribution in [0, 0.1) is 11.6 Å². The summed E-state index contributed by atoms with van der Waals surface area (Å²) < 4.78 is 32.2. The van der Waals surface area contributed by atoms with E-state index in [1.165, 1.54) is 24.3 Å². The third-order valence-corrected chi connectivity index (χ3v) is 3.44. The van der Waals surface area contributed by atoms with E-state index in [0.29, 0.717) is 32.7 Å². The molecule has 0 heterocycles. The molecule has 0 radical (unpaired) electrons. The predicted molar refractivity (Wildman–Crippen MR) is 87.5 cm³/mol. The molecular formula is C18H20F2N2O2. The van der Waals surface area contributed by atoms with Gasteiger partial charge in [-0.2, -0.15) is 0 Å². The van der Waals surface area contributed by atoms with E-state index in [1.54, 1.807) is 24.3 Å². The lowest BCUT2D eigenvalue weighted by Crippen LogP contribution is -2.29. The van der Waals surface area contributed by atoms with E-state index in [1.807, 2.05) is 0 Å². The van der Waals surface area contributed by atoms with Crippen molar-refractivity contribution in [3.8, 4) is 0 Å². The molecule has 0 unspecified atom stereocenters. The van der Waals surface area contributed by atoms with Gasteiger partial charge in [0.15, 0.2) is 0 Å². The zero-order valence-electron chi connectivity index (χ0n) is 13.2. The fraction of sp³-hybridized carbons (Fsp3) is 0.278. The first-order valence-corrected chi connectivity index (χ1v) is 7.71. The van der Waals surface area contributed by atoms with Gasteiger partial charge in [0.05, 0.1) is 6.61 Å². The van der Waals surface area contributed by atoms with Crippen molar-refractivity contribution in [1.82, 2.24) is 10.6 Å². The number of benzene rings is 2. The highest BCUT2D eigenvalue weighted by atomic mass is 19.1. The Hall–Kier alpha value is -2.31. The second-order valence-electron chi connectivity index (χ2n) is 5.18. The van der Waals surface area contributed by atoms with Crippen LogP contribution < -0.4 is 10.6 Å². The zero-order chi connectivity index (χ0) is 17.2. The molecule has 24 heavy (non-hydrogen) atoms. The van der Waals surface area contributed by atoms with Crippen molar-refractivity contribution in [2.75, 3.05) is 26.2 Å². The third-order valence-electron chi connectivity index (χ3n) is 3.44. The third kappa shape index (κ3) is 5.72. The molecular weight excluding hydrogens is 314 g/mol. The maximum atomic E-state index is 13.1. The number of hydrogen-bond donors (Lipinski definition) is 2. The van der Waals surface area contributed by atoms with E-state index in [9.17, 15) is 13.6 Å². The summed E-state index contributed by atoms with van der Waals surface area (Å²) >= 11 is 0. The molecule has 2 N–H and O–H groups in total. The van der Waals surface area contributed by atoms with Gasteiger partial charge in [-0.05, 0) is 35.4 Å². The van der Waals surface area contributed by atoms with E-state index >= 15 is 0 Å². The average molecular weight is 334 g/mol. The molecule has 0 bridgehead atoms. The molecule has 2 aromatic carbocycles. The first kappa shape index (κ1) is 18.0. The maximum Gasteiger partial charge on any atom is 0.207 e. The topological polar surface area (TPSA) is 50.4 Å². The largest absolute Gasteiger partial charge is 0.367 e. The van der Waals surface area contributed by atoms with Crippen LogP contribution in [-0.2, 0) is 9.53 Å². The Kier molecular flexibility index (Phi) is 7.32. The zero-order valence-corrected chi connectivity index (χ0v) is 13.2. The van der Waals surface area contributed by atoms with Crippen molar-refractivity contribution in [2.24, 2.45) is 0 Å². The molecule has 0 aliphatic heterocycles. The lowest BCUT2D eigenvalue weighted by Gasteiger charge is -2.19. The summed E-state index contributed by atoms with van der Waals surface area (Å²) in [5, 5.41) is 5.69. The molecule has 0 saturated heterocycles. The van der Waals surface area contributed by atoms with Crippen LogP contribution in [0.15, 0.2) is 48.5 Å². The van der Waals surface area contributed by atoms with E-state index in [-0.39, 0.29) is 11.6 Å². The highest BCUT2D eigenvalue weighted by Gasteiger charge is 2.15. The Balaban J connectivity index is 1.97. The van der Waals surface area contributed by atoms with Gasteiger partial charge in [0.1, 0.15) is 17.7 Å². The van der Waals surface area contributed by atoms with Crippen molar-refractivity contribution in [3.05, 3.63) is 71.3 Å². The van der Waals surface area contributed by atoms with E-state index < -0.39 is 6.10 Å². The number of ether oxygens (including phenoxy) is 1. The molecule has 0 atom stereocenters. The Morgan fingerprint density at radius 1 is 0.875 bits per heavy atom. The normalized spacial score (nSPS) is 10.8. The van der Waals surface area contributed by atoms with Gasteiger partial charge in [-0.1, -0.05) is 24.3 Å². The summed E-state index contributed by atoms with van der Waals surface area (Å²) in [4.78, 5) is 10.1. The summed E-state index contributed by atoms with van der Waals surface area (Å²) in [7, 11) is 0. The second kappa shape index (κ2) is 9.75. The molecule has 4 nitrogen and oxygen atoms in total. The summed E-state index contributed by atoms with van der Waals surface area (Å²) in [5.74, 6) is -0.637. The van der Waals surface area contributed by atoms with Crippen LogP contribution in [0.3, 0.4) is 0 Å². The minimum atomic E-state index is -0.402. The van der Waals surface area contributed by atoms with E-state index in [4.69, 9.17) is 4.74 Å². The Labute approximate surface area is 139 Å². The minimum absolute atomic E-state index is 0.319. The number of halogens is 2. The highest BCUT2D eigenvalue weighted by molar-refractivity contribution is 5.45. The Morgan fingerprint density at radius 2 is 1.42 bits per heavy atom. The van der Waals surface area contributed by atoms with Crippen LogP contribution in [0.25, 0.3) is 0 Å². The molecule has 0 aliphatic carbocycles. The number of hydrogen-bond acceptors (Lipinski definition) is 3. The van der Waals surface area contributed by atoms with Gasteiger partial charge >= 0.3 is 0 Å². The van der Waals surface area contributed by atoms with Crippen molar-refractivity contribution in [2.45, 2.75) is 6.10 Å². The number of carbonyl (C=O) groups excluding carboxylic acids is 1. The summed E-state index contributed by atoms with van der Waals surface area (Å²) in [6.45, 7) is 2.20. The molecule has 128 valence electrons. The molecule has 0 saturated carbocycles. The van der Waals surface area contributed by atoms with Gasteiger partial charge in [0.25, 0.3) is 0 Å². The smallest absolute Gasteiger partial charge is 0.207 e. The molecule has 6 heteroatoms. The van der Waals surface area contributed by atoms with Crippen molar-refractivity contribution in [3.63, 3.8) is 0 Å². The Morgan fingerprint density at radius 3 is 1.92 bits per heavy atom. The molecule has 0 aliphatic rings. The average Bonchev–Trinajstić information content (AvgIpc) is 2.60. The van der Waals surface area contributed by atoms with Crippen LogP contribution in [0.5, 0.6) is 0 Å². The lowest BCUT2D eigenvalue weighted by molar-refractivity contribution is -0.109. The van der Waals surface area contributed by atoms with Gasteiger partial charge < -0.3 is 15.4 Å². The molecule has 2 rings (SSSR count). The van der Waals surface area contributed by atoms with Gasteiger partial charge in [-0.25, -0.2) is 8.78 Å². The van der Waals surface area contributed by atoms with Gasteiger partial charge in [0, 0.05) is 19.6 Å². The van der Waals surface area contributed by atoms with Crippen LogP contribution in [0.4, 0.5) is 8.78 Å². The molecule has 0 aromatic heterocycles. The molecule has 0 spiro atoms. The van der Waals surface area contributed by atoms with Crippen molar-refractivity contribution >= 4 is 6.41 Å². The maximum absolute atomic E-state index is 13.1. The number of nitrogens with one attached hydrogen (secondary N) is 2. The number of rotatable bonds is 10. The van der Waals surface area contributed by atoms with Crippen LogP contribution in [0.2, 0.25) is 0 Å². The fourth-order valence-corrected chi connectivity index (χ4v) is 2.25. The van der Waals surface area contributed by atoms with E-state index in [2.05, 4.69) is 10.6 Å². The molecule has 2 aromatic rings. The molecule has 0 fully saturated rings. The number of amides is 1. The monoisotopic (exact) mass is 334 g/mol. The minimum Gasteiger partial charge on any atom is -0.367 e. The standard InChI is InChI=1S/C18H20F2N2O2/c19-16-5-1-14(2-6-16)18(15-3-7-17(20)8-4-15)24-12-11-21-9-10-22-13-23/h1-8,13,18,21H,9-12H2,(H,22,23). The first-order valence-electron chi connectivity index (χ1n) is 7.71. The summed E-state index contributed by atoms with van der Waals surface area (Å²) in [5.41, 5.74) is 1.59. The molecule has 1 amide bonds. The van der Waals surface area contributed by atoms with Crippen LogP contribution in [-0.4, -0.2) is 32.7 Å². The predicted octanol–water partition coefficient (Wildman–Crippen LogP) is 2.41. The quantitative estimate of drug-likeness (QED) is 0.518.